The van der Waals surface area contributed by atoms with Crippen LogP contribution < -0.4 is 5.32 Å². The summed E-state index contributed by atoms with van der Waals surface area (Å²) in [5.41, 5.74) is 6.96. The molecule has 6 rings (SSSR count). The summed E-state index contributed by atoms with van der Waals surface area (Å²) in [6.45, 7) is 1.09. The summed E-state index contributed by atoms with van der Waals surface area (Å²) in [5, 5.41) is 10.3. The molecule has 0 atom stereocenters. The number of amides is 1. The Morgan fingerprint density at radius 1 is 1.06 bits per heavy atom. The van der Waals surface area contributed by atoms with Crippen molar-refractivity contribution in [3.63, 3.8) is 0 Å². The molecule has 35 heavy (non-hydrogen) atoms. The third kappa shape index (κ3) is 4.38. The molecule has 1 N–H and O–H groups in total. The quantitative estimate of drug-likeness (QED) is 0.358. The Balaban J connectivity index is 1.30. The van der Waals surface area contributed by atoms with Crippen LogP contribution in [0, 0.1) is 0 Å². The van der Waals surface area contributed by atoms with Gasteiger partial charge in [-0.2, -0.15) is 5.10 Å². The number of pyridine rings is 1. The molecular weight excluding hydrogens is 454 g/mol. The van der Waals surface area contributed by atoms with E-state index in [0.29, 0.717) is 13.1 Å². The molecule has 3 heterocycles. The first-order valence-electron chi connectivity index (χ1n) is 11.6. The van der Waals surface area contributed by atoms with E-state index in [-0.39, 0.29) is 5.91 Å². The summed E-state index contributed by atoms with van der Waals surface area (Å²) in [6, 6.07) is 20.3. The number of thiophene rings is 1. The molecule has 0 unspecified atom stereocenters. The molecule has 5 aromatic rings. The minimum Gasteiger partial charge on any atom is -0.348 e. The topological polar surface area (TPSA) is 72.7 Å². The molecule has 6 nitrogen and oxygen atoms in total. The van der Waals surface area contributed by atoms with Crippen LogP contribution in [0.3, 0.4) is 0 Å². The number of benzene rings is 2. The van der Waals surface area contributed by atoms with E-state index in [9.17, 15) is 4.79 Å². The smallest absolute Gasteiger partial charge is 0.252 e. The molecular formula is C28H23N5OS. The lowest BCUT2D eigenvalue weighted by Gasteiger charge is -2.13. The fourth-order valence-electron chi connectivity index (χ4n) is 4.69. The largest absolute Gasteiger partial charge is 0.348 e. The molecule has 1 amide bonds. The molecule has 2 aromatic carbocycles. The fraction of sp³-hybridized carbons (Fsp3) is 0.143. The lowest BCUT2D eigenvalue weighted by Crippen LogP contribution is -2.24. The molecule has 0 bridgehead atoms. The second-order valence-corrected chi connectivity index (χ2v) is 9.59. The Bertz CT molecular complexity index is 1540. The summed E-state index contributed by atoms with van der Waals surface area (Å²) in [4.78, 5) is 23.8. The predicted molar refractivity (Wildman–Crippen MR) is 139 cm³/mol. The highest BCUT2D eigenvalue weighted by Crippen LogP contribution is 2.37. The number of para-hydroxylation sites is 1. The summed E-state index contributed by atoms with van der Waals surface area (Å²) in [5.74, 6) is -0.0566. The van der Waals surface area contributed by atoms with Crippen molar-refractivity contribution in [1.29, 1.82) is 0 Å². The molecule has 0 fully saturated rings. The van der Waals surface area contributed by atoms with Crippen LogP contribution in [0.1, 0.15) is 44.0 Å². The Kier molecular flexibility index (Phi) is 5.68. The lowest BCUT2D eigenvalue weighted by molar-refractivity contribution is 0.0951. The number of carbonyl (C=O) groups is 1. The van der Waals surface area contributed by atoms with Gasteiger partial charge in [-0.3, -0.25) is 4.79 Å². The van der Waals surface area contributed by atoms with Crippen LogP contribution in [0.2, 0.25) is 0 Å². The molecule has 0 spiro atoms. The van der Waals surface area contributed by atoms with Gasteiger partial charge < -0.3 is 5.32 Å². The first-order chi connectivity index (χ1) is 17.2. The van der Waals surface area contributed by atoms with E-state index in [1.54, 1.807) is 22.3 Å². The van der Waals surface area contributed by atoms with Gasteiger partial charge in [0.25, 0.3) is 5.91 Å². The number of rotatable bonds is 6. The van der Waals surface area contributed by atoms with Crippen molar-refractivity contribution in [3.8, 4) is 0 Å². The van der Waals surface area contributed by atoms with Crippen LogP contribution >= 0.6 is 11.3 Å². The normalized spacial score (nSPS) is 13.9. The van der Waals surface area contributed by atoms with Gasteiger partial charge in [0.1, 0.15) is 12.7 Å². The van der Waals surface area contributed by atoms with E-state index in [0.717, 1.165) is 51.7 Å². The third-order valence-corrected chi connectivity index (χ3v) is 7.10. The zero-order valence-electron chi connectivity index (χ0n) is 19.0. The highest BCUT2D eigenvalue weighted by Gasteiger charge is 2.26. The number of hydrogen-bond acceptors (Lipinski definition) is 5. The van der Waals surface area contributed by atoms with Gasteiger partial charge >= 0.3 is 0 Å². The average Bonchev–Trinajstić information content (AvgIpc) is 3.65. The van der Waals surface area contributed by atoms with Crippen molar-refractivity contribution in [3.05, 3.63) is 112 Å². The van der Waals surface area contributed by atoms with Gasteiger partial charge in [-0.15, -0.1) is 11.3 Å². The first-order valence-corrected chi connectivity index (χ1v) is 12.5. The van der Waals surface area contributed by atoms with E-state index in [4.69, 9.17) is 4.98 Å². The maximum Gasteiger partial charge on any atom is 0.252 e. The van der Waals surface area contributed by atoms with E-state index >= 15 is 0 Å². The number of nitrogens with zero attached hydrogens (tertiary/aromatic N) is 4. The molecule has 7 heteroatoms. The van der Waals surface area contributed by atoms with Gasteiger partial charge in [-0.05, 0) is 58.7 Å². The number of allylic oxidation sites excluding steroid dienone is 1. The monoisotopic (exact) mass is 477 g/mol. The Labute approximate surface area is 207 Å². The maximum absolute atomic E-state index is 13.6. The molecule has 1 aliphatic carbocycles. The minimum absolute atomic E-state index is 0.0566. The van der Waals surface area contributed by atoms with Crippen molar-refractivity contribution in [2.45, 2.75) is 25.9 Å². The lowest BCUT2D eigenvalue weighted by atomic mass is 10.00. The number of carbonyl (C=O) groups excluding carboxylic acids is 1. The van der Waals surface area contributed by atoms with E-state index in [1.165, 1.54) is 16.8 Å². The van der Waals surface area contributed by atoms with E-state index in [2.05, 4.69) is 51.1 Å². The molecule has 0 aliphatic heterocycles. The van der Waals surface area contributed by atoms with Crippen molar-refractivity contribution in [2.24, 2.45) is 0 Å². The van der Waals surface area contributed by atoms with Crippen LogP contribution in [0.25, 0.3) is 22.6 Å². The highest BCUT2D eigenvalue weighted by molar-refractivity contribution is 7.10. The van der Waals surface area contributed by atoms with Gasteiger partial charge in [0.15, 0.2) is 0 Å². The summed E-state index contributed by atoms with van der Waals surface area (Å²) in [7, 11) is 0. The molecule has 3 aromatic heterocycles. The SMILES string of the molecule is O=C(NCc1cccc(Cn2cncn2)c1)c1c2c(nc3ccccc13)/C(=C\c1cccs1)CC2. The Morgan fingerprint density at radius 2 is 1.97 bits per heavy atom. The number of fused-ring (bicyclic) bond motifs is 2. The Hall–Kier alpha value is -4.10. The third-order valence-electron chi connectivity index (χ3n) is 6.28. The van der Waals surface area contributed by atoms with Crippen molar-refractivity contribution < 1.29 is 4.79 Å². The van der Waals surface area contributed by atoms with Crippen molar-refractivity contribution in [2.75, 3.05) is 0 Å². The maximum atomic E-state index is 13.6. The second-order valence-electron chi connectivity index (χ2n) is 8.61. The van der Waals surface area contributed by atoms with Crippen molar-refractivity contribution >= 4 is 39.8 Å². The van der Waals surface area contributed by atoms with Gasteiger partial charge in [-0.1, -0.05) is 48.5 Å². The molecule has 0 radical (unpaired) electrons. The molecule has 0 saturated carbocycles. The number of hydrogen-bond donors (Lipinski definition) is 1. The minimum atomic E-state index is -0.0566. The standard InChI is InChI=1S/C28H23N5OS/c34-28(30-15-19-5-3-6-20(13-19)16-33-18-29-17-31-33)26-23-8-1-2-9-25(23)32-27-21(10-11-24(26)27)14-22-7-4-12-35-22/h1-9,12-14,17-18H,10-11,15-16H2,(H,30,34)/b21-14-. The molecule has 172 valence electrons. The van der Waals surface area contributed by atoms with Gasteiger partial charge in [-0.25, -0.2) is 14.6 Å². The average molecular weight is 478 g/mol. The zero-order valence-corrected chi connectivity index (χ0v) is 19.8. The molecule has 0 saturated heterocycles. The Morgan fingerprint density at radius 3 is 2.83 bits per heavy atom. The van der Waals surface area contributed by atoms with E-state index < -0.39 is 0 Å². The van der Waals surface area contributed by atoms with Crippen molar-refractivity contribution in [1.82, 2.24) is 25.1 Å². The van der Waals surface area contributed by atoms with Gasteiger partial charge in [0.05, 0.1) is 23.3 Å². The fourth-order valence-corrected chi connectivity index (χ4v) is 5.38. The van der Waals surface area contributed by atoms with Crippen LogP contribution in [0.5, 0.6) is 0 Å². The summed E-state index contributed by atoms with van der Waals surface area (Å²) < 4.78 is 1.78. The predicted octanol–water partition coefficient (Wildman–Crippen LogP) is 5.35. The van der Waals surface area contributed by atoms with E-state index in [1.807, 2.05) is 36.4 Å². The van der Waals surface area contributed by atoms with Gasteiger partial charge in [0, 0.05) is 16.8 Å². The molecule has 1 aliphatic rings. The van der Waals surface area contributed by atoms with Crippen LogP contribution in [-0.2, 0) is 19.5 Å². The van der Waals surface area contributed by atoms with Crippen LogP contribution in [0.15, 0.2) is 78.7 Å². The first kappa shape index (κ1) is 21.4. The zero-order chi connectivity index (χ0) is 23.6. The van der Waals surface area contributed by atoms with Crippen LogP contribution in [0.4, 0.5) is 0 Å². The number of aromatic nitrogens is 4. The summed E-state index contributed by atoms with van der Waals surface area (Å²) in [6.07, 6.45) is 7.15. The summed E-state index contributed by atoms with van der Waals surface area (Å²) >= 11 is 1.71. The second kappa shape index (κ2) is 9.27. The van der Waals surface area contributed by atoms with Crippen LogP contribution in [-0.4, -0.2) is 25.7 Å². The van der Waals surface area contributed by atoms with Gasteiger partial charge in [0.2, 0.25) is 0 Å². The number of nitrogens with one attached hydrogen (secondary N) is 1. The highest BCUT2D eigenvalue weighted by atomic mass is 32.1.